The first-order valence-electron chi connectivity index (χ1n) is 15.5. The first kappa shape index (κ1) is 30.6. The Morgan fingerprint density at radius 1 is 1.11 bits per heavy atom. The Balaban J connectivity index is 1.50. The van der Waals surface area contributed by atoms with Crippen LogP contribution in [0.2, 0.25) is 0 Å². The van der Waals surface area contributed by atoms with Gasteiger partial charge in [-0.3, -0.25) is 14.4 Å². The minimum Gasteiger partial charge on any atom is -0.469 e. The topological polar surface area (TPSA) is 183 Å². The third-order valence-corrected chi connectivity index (χ3v) is 9.25. The molecule has 0 radical (unpaired) electrons. The number of nitrogens with one attached hydrogen (secondary N) is 2. The minimum atomic E-state index is -1.32. The van der Waals surface area contributed by atoms with E-state index in [2.05, 4.69) is 15.6 Å². The van der Waals surface area contributed by atoms with E-state index in [1.807, 2.05) is 26.0 Å². The van der Waals surface area contributed by atoms with Crippen LogP contribution in [0.4, 0.5) is 10.1 Å². The van der Waals surface area contributed by atoms with Crippen LogP contribution in [0.1, 0.15) is 79.0 Å². The van der Waals surface area contributed by atoms with Gasteiger partial charge in [0, 0.05) is 29.2 Å². The molecule has 13 heteroatoms. The smallest absolute Gasteiger partial charge is 0.270 e. The van der Waals surface area contributed by atoms with Crippen LogP contribution in [-0.2, 0) is 21.4 Å². The highest BCUT2D eigenvalue weighted by molar-refractivity contribution is 5.91. The van der Waals surface area contributed by atoms with Crippen LogP contribution in [0.25, 0.3) is 11.6 Å². The molecule has 244 valence electrons. The quantitative estimate of drug-likeness (QED) is 0.230. The molecule has 7 rings (SSSR count). The van der Waals surface area contributed by atoms with Gasteiger partial charge in [0.15, 0.2) is 29.2 Å². The number of carbonyl (C=O) groups excluding carboxylic acids is 3. The molecule has 3 aliphatic heterocycles. The molecule has 2 aromatic heterocycles. The maximum absolute atomic E-state index is 15.1. The fourth-order valence-electron chi connectivity index (χ4n) is 6.81. The molecule has 4 bridgehead atoms. The van der Waals surface area contributed by atoms with E-state index in [1.165, 1.54) is 12.1 Å². The van der Waals surface area contributed by atoms with Crippen LogP contribution in [0, 0.1) is 23.6 Å². The number of aromatic nitrogens is 2. The Hall–Kier alpha value is -5.04. The summed E-state index contributed by atoms with van der Waals surface area (Å²) in [5.74, 6) is -2.83. The molecule has 5 heterocycles. The molecule has 2 aromatic carbocycles. The Labute approximate surface area is 268 Å². The van der Waals surface area contributed by atoms with Gasteiger partial charge in [-0.05, 0) is 48.1 Å². The molecule has 2 amide bonds. The number of fused-ring (bicyclic) bond motifs is 4. The average Bonchev–Trinajstić information content (AvgIpc) is 3.79. The van der Waals surface area contributed by atoms with Gasteiger partial charge in [-0.2, -0.15) is 0 Å². The van der Waals surface area contributed by atoms with Gasteiger partial charge in [-0.25, -0.2) is 14.4 Å². The van der Waals surface area contributed by atoms with Gasteiger partial charge >= 0.3 is 0 Å². The van der Waals surface area contributed by atoms with Crippen molar-refractivity contribution in [3.63, 3.8) is 0 Å². The van der Waals surface area contributed by atoms with Gasteiger partial charge in [0.05, 0.1) is 0 Å². The van der Waals surface area contributed by atoms with E-state index in [-0.39, 0.29) is 53.6 Å². The number of aliphatic hydroxyl groups excluding tert-OH is 1. The molecule has 1 unspecified atom stereocenters. The van der Waals surface area contributed by atoms with E-state index >= 15 is 4.39 Å². The SMILES string of the molecule is CC(C)[C@H](O)C(=O)CC1Cc2ccc3c(c2)[C@@]2(c4cc(F)ccc4N[C@@H]2O3)c2oc(nc2-c2nc(C(N)=O)co2)[C@H](C(C)C)NC1=O. The van der Waals surface area contributed by atoms with Crippen LogP contribution in [0.3, 0.4) is 0 Å². The van der Waals surface area contributed by atoms with Crippen LogP contribution in [-0.4, -0.2) is 45.0 Å². The molecular weight excluding hydrogens is 609 g/mol. The Morgan fingerprint density at radius 2 is 1.89 bits per heavy atom. The number of anilines is 1. The van der Waals surface area contributed by atoms with Crippen molar-refractivity contribution < 1.29 is 37.5 Å². The number of primary amides is 1. The zero-order chi connectivity index (χ0) is 33.4. The van der Waals surface area contributed by atoms with Gasteiger partial charge in [-0.1, -0.05) is 39.8 Å². The maximum atomic E-state index is 15.1. The lowest BCUT2D eigenvalue weighted by molar-refractivity contribution is -0.135. The second-order valence-electron chi connectivity index (χ2n) is 13.1. The number of oxazole rings is 2. The fraction of sp³-hybridized carbons (Fsp3) is 0.382. The number of Topliss-reactive ketones (excluding diaryl/α,β-unsaturated/α-hetero) is 1. The highest BCUT2D eigenvalue weighted by Crippen LogP contribution is 2.59. The number of ketones is 1. The van der Waals surface area contributed by atoms with Gasteiger partial charge < -0.3 is 35.0 Å². The number of amides is 2. The van der Waals surface area contributed by atoms with Crippen LogP contribution >= 0.6 is 0 Å². The number of nitrogens with two attached hydrogens (primary N) is 1. The van der Waals surface area contributed by atoms with Gasteiger partial charge in [0.1, 0.15) is 35.4 Å². The molecular formula is C34H34FN5O7. The summed E-state index contributed by atoms with van der Waals surface area (Å²) in [6.07, 6.45) is -0.941. The molecule has 3 aliphatic rings. The Bertz CT molecular complexity index is 1930. The monoisotopic (exact) mass is 643 g/mol. The van der Waals surface area contributed by atoms with E-state index in [9.17, 15) is 19.5 Å². The zero-order valence-electron chi connectivity index (χ0n) is 26.2. The third kappa shape index (κ3) is 4.79. The summed E-state index contributed by atoms with van der Waals surface area (Å²) in [5.41, 5.74) is 6.57. The summed E-state index contributed by atoms with van der Waals surface area (Å²) in [6.45, 7) is 7.23. The van der Waals surface area contributed by atoms with E-state index in [4.69, 9.17) is 24.3 Å². The van der Waals surface area contributed by atoms with Gasteiger partial charge in [0.25, 0.3) is 5.91 Å². The predicted molar refractivity (Wildman–Crippen MR) is 165 cm³/mol. The second kappa shape index (κ2) is 11.0. The van der Waals surface area contributed by atoms with Crippen molar-refractivity contribution >= 4 is 23.3 Å². The standard InChI is InChI=1S/C34H34FN5O7/c1-14(2)25-32-40-26(31-37-22(13-45-31)29(36)43)28(47-32)34-19-12-18(35)6-7-21(19)38-33(34)46-24-8-5-16(10-20(24)34)9-17(30(44)39-25)11-23(41)27(42)15(3)4/h5-8,10,12-15,17,25,27,33,38,42H,9,11H2,1-4H3,(H2,36,43)(H,39,44)/t17?,25-,27-,33+,34-/m0/s1. The molecule has 0 fully saturated rings. The molecule has 0 saturated heterocycles. The zero-order valence-corrected chi connectivity index (χ0v) is 26.2. The second-order valence-corrected chi connectivity index (χ2v) is 13.1. The molecule has 47 heavy (non-hydrogen) atoms. The summed E-state index contributed by atoms with van der Waals surface area (Å²) >= 11 is 0. The molecule has 12 nitrogen and oxygen atoms in total. The number of halogens is 1. The normalized spacial score (nSPS) is 23.2. The predicted octanol–water partition coefficient (Wildman–Crippen LogP) is 4.01. The highest BCUT2D eigenvalue weighted by atomic mass is 19.1. The molecule has 0 aliphatic carbocycles. The highest BCUT2D eigenvalue weighted by Gasteiger charge is 2.61. The Kier molecular flexibility index (Phi) is 7.19. The summed E-state index contributed by atoms with van der Waals surface area (Å²) in [6, 6.07) is 9.02. The van der Waals surface area contributed by atoms with E-state index in [0.29, 0.717) is 28.1 Å². The lowest BCUT2D eigenvalue weighted by Crippen LogP contribution is -2.41. The fourth-order valence-corrected chi connectivity index (χ4v) is 6.81. The summed E-state index contributed by atoms with van der Waals surface area (Å²) in [5, 5.41) is 16.9. The maximum Gasteiger partial charge on any atom is 0.270 e. The summed E-state index contributed by atoms with van der Waals surface area (Å²) in [7, 11) is 0. The van der Waals surface area contributed by atoms with Crippen molar-refractivity contribution in [2.24, 2.45) is 23.5 Å². The van der Waals surface area contributed by atoms with Crippen molar-refractivity contribution in [1.29, 1.82) is 0 Å². The lowest BCUT2D eigenvalue weighted by atomic mass is 9.72. The number of benzene rings is 2. The number of hydrogen-bond acceptors (Lipinski definition) is 10. The van der Waals surface area contributed by atoms with Gasteiger partial charge in [0.2, 0.25) is 17.7 Å². The van der Waals surface area contributed by atoms with Gasteiger partial charge in [-0.15, -0.1) is 0 Å². The van der Waals surface area contributed by atoms with E-state index < -0.39 is 53.1 Å². The first-order chi connectivity index (χ1) is 22.4. The Morgan fingerprint density at radius 3 is 2.60 bits per heavy atom. The van der Waals surface area contributed by atoms with Crippen LogP contribution < -0.4 is 21.1 Å². The summed E-state index contributed by atoms with van der Waals surface area (Å²) in [4.78, 5) is 48.2. The van der Waals surface area contributed by atoms with Crippen molar-refractivity contribution in [3.05, 3.63) is 82.5 Å². The van der Waals surface area contributed by atoms with E-state index in [1.54, 1.807) is 26.0 Å². The van der Waals surface area contributed by atoms with Crippen LogP contribution in [0.5, 0.6) is 5.75 Å². The lowest BCUT2D eigenvalue weighted by Gasteiger charge is -2.28. The van der Waals surface area contributed by atoms with Crippen molar-refractivity contribution in [1.82, 2.24) is 15.3 Å². The first-order valence-corrected chi connectivity index (χ1v) is 15.5. The van der Waals surface area contributed by atoms with E-state index in [0.717, 1.165) is 6.26 Å². The van der Waals surface area contributed by atoms with Crippen molar-refractivity contribution in [2.75, 3.05) is 5.32 Å². The molecule has 4 aromatic rings. The van der Waals surface area contributed by atoms with Crippen molar-refractivity contribution in [3.8, 4) is 17.3 Å². The number of ether oxygens (including phenoxy) is 1. The number of nitrogens with zero attached hydrogens (tertiary/aromatic N) is 2. The third-order valence-electron chi connectivity index (χ3n) is 9.25. The molecule has 5 atom stereocenters. The molecule has 0 saturated carbocycles. The van der Waals surface area contributed by atoms with Crippen LogP contribution in [0.15, 0.2) is 51.5 Å². The molecule has 5 N–H and O–H groups in total. The largest absolute Gasteiger partial charge is 0.469 e. The summed E-state index contributed by atoms with van der Waals surface area (Å²) < 4.78 is 33.9. The van der Waals surface area contributed by atoms with Crippen molar-refractivity contribution in [2.45, 2.75) is 64.3 Å². The molecule has 1 spiro atoms. The number of carbonyl (C=O) groups is 3. The number of rotatable bonds is 7. The number of hydrogen-bond donors (Lipinski definition) is 4. The average molecular weight is 644 g/mol. The number of aliphatic hydroxyl groups is 1. The minimum absolute atomic E-state index is 0.0683.